The van der Waals surface area contributed by atoms with E-state index in [4.69, 9.17) is 4.74 Å². The van der Waals surface area contributed by atoms with Crippen LogP contribution in [-0.2, 0) is 22.7 Å². The van der Waals surface area contributed by atoms with Gasteiger partial charge in [0.2, 0.25) is 11.8 Å². The topological polar surface area (TPSA) is 58.6 Å². The van der Waals surface area contributed by atoms with Gasteiger partial charge >= 0.3 is 0 Å². The highest BCUT2D eigenvalue weighted by Crippen LogP contribution is 2.15. The normalized spacial score (nSPS) is 11.6. The van der Waals surface area contributed by atoms with Crippen molar-refractivity contribution in [1.29, 1.82) is 0 Å². The van der Waals surface area contributed by atoms with E-state index in [0.717, 1.165) is 16.9 Å². The molecule has 1 atom stereocenters. The molecule has 5 heteroatoms. The van der Waals surface area contributed by atoms with Crippen molar-refractivity contribution in [1.82, 2.24) is 10.2 Å². The van der Waals surface area contributed by atoms with Gasteiger partial charge in [0.25, 0.3) is 0 Å². The Bertz CT molecular complexity index is 754. The van der Waals surface area contributed by atoms with Crippen LogP contribution in [0.4, 0.5) is 0 Å². The van der Waals surface area contributed by atoms with Crippen LogP contribution in [0.3, 0.4) is 0 Å². The molecule has 2 rings (SSSR count). The monoisotopic (exact) mass is 368 g/mol. The Morgan fingerprint density at radius 2 is 1.63 bits per heavy atom. The highest BCUT2D eigenvalue weighted by atomic mass is 16.5. The molecular formula is C22H28N2O3. The number of nitrogens with one attached hydrogen (secondary N) is 1. The first-order chi connectivity index (χ1) is 12.9. The SMILES string of the molecule is CCC(=O)N(Cc1ccc(OC)cc1)C(C)C(=O)NCc1ccc(C)cc1. The molecule has 0 aliphatic heterocycles. The number of rotatable bonds is 8. The van der Waals surface area contributed by atoms with E-state index in [0.29, 0.717) is 19.5 Å². The fourth-order valence-corrected chi connectivity index (χ4v) is 2.76. The molecule has 2 aromatic rings. The number of carbonyl (C=O) groups excluding carboxylic acids is 2. The summed E-state index contributed by atoms with van der Waals surface area (Å²) in [5.74, 6) is 0.547. The second-order valence-corrected chi connectivity index (χ2v) is 6.60. The molecule has 5 nitrogen and oxygen atoms in total. The summed E-state index contributed by atoms with van der Waals surface area (Å²) >= 11 is 0. The molecule has 0 aliphatic rings. The van der Waals surface area contributed by atoms with Crippen molar-refractivity contribution in [3.05, 3.63) is 65.2 Å². The molecule has 1 unspecified atom stereocenters. The van der Waals surface area contributed by atoms with Gasteiger partial charge < -0.3 is 15.0 Å². The molecule has 2 aromatic carbocycles. The second kappa shape index (κ2) is 9.76. The lowest BCUT2D eigenvalue weighted by molar-refractivity contribution is -0.140. The molecule has 0 saturated heterocycles. The summed E-state index contributed by atoms with van der Waals surface area (Å²) in [6.07, 6.45) is 0.353. The number of benzene rings is 2. The largest absolute Gasteiger partial charge is 0.497 e. The van der Waals surface area contributed by atoms with Gasteiger partial charge in [-0.05, 0) is 37.1 Å². The summed E-state index contributed by atoms with van der Waals surface area (Å²) in [7, 11) is 1.61. The minimum Gasteiger partial charge on any atom is -0.497 e. The van der Waals surface area contributed by atoms with E-state index >= 15 is 0 Å². The van der Waals surface area contributed by atoms with Gasteiger partial charge in [-0.15, -0.1) is 0 Å². The quantitative estimate of drug-likeness (QED) is 0.776. The predicted octanol–water partition coefficient (Wildman–Crippen LogP) is 3.45. The molecule has 0 fully saturated rings. The minimum absolute atomic E-state index is 0.0520. The Balaban J connectivity index is 2.03. The molecule has 0 aromatic heterocycles. The van der Waals surface area contributed by atoms with Crippen molar-refractivity contribution in [2.24, 2.45) is 0 Å². The number of nitrogens with zero attached hydrogens (tertiary/aromatic N) is 1. The van der Waals surface area contributed by atoms with Gasteiger partial charge in [-0.2, -0.15) is 0 Å². The first kappa shape index (κ1) is 20.5. The fourth-order valence-electron chi connectivity index (χ4n) is 2.76. The van der Waals surface area contributed by atoms with Crippen LogP contribution in [0.5, 0.6) is 5.75 Å². The number of hydrogen-bond donors (Lipinski definition) is 1. The predicted molar refractivity (Wildman–Crippen MR) is 106 cm³/mol. The first-order valence-electron chi connectivity index (χ1n) is 9.20. The molecule has 0 bridgehead atoms. The van der Waals surface area contributed by atoms with Crippen molar-refractivity contribution in [3.63, 3.8) is 0 Å². The number of ether oxygens (including phenoxy) is 1. The molecule has 1 N–H and O–H groups in total. The van der Waals surface area contributed by atoms with E-state index in [-0.39, 0.29) is 11.8 Å². The maximum atomic E-state index is 12.6. The molecule has 0 saturated carbocycles. The lowest BCUT2D eigenvalue weighted by Crippen LogP contribution is -2.47. The molecule has 0 aliphatic carbocycles. The third kappa shape index (κ3) is 5.84. The maximum Gasteiger partial charge on any atom is 0.242 e. The molecule has 0 spiro atoms. The van der Waals surface area contributed by atoms with E-state index in [1.807, 2.05) is 55.5 Å². The first-order valence-corrected chi connectivity index (χ1v) is 9.20. The number of carbonyl (C=O) groups is 2. The van der Waals surface area contributed by atoms with Gasteiger partial charge in [0.05, 0.1) is 7.11 Å². The third-order valence-corrected chi connectivity index (χ3v) is 4.57. The van der Waals surface area contributed by atoms with Crippen LogP contribution >= 0.6 is 0 Å². The Kier molecular flexibility index (Phi) is 7.41. The fraction of sp³-hybridized carbons (Fsp3) is 0.364. The van der Waals surface area contributed by atoms with Crippen LogP contribution in [0.25, 0.3) is 0 Å². The van der Waals surface area contributed by atoms with Crippen molar-refractivity contribution < 1.29 is 14.3 Å². The van der Waals surface area contributed by atoms with Gasteiger partial charge in [0.15, 0.2) is 0 Å². The second-order valence-electron chi connectivity index (χ2n) is 6.60. The van der Waals surface area contributed by atoms with Gasteiger partial charge in [-0.25, -0.2) is 0 Å². The van der Waals surface area contributed by atoms with Crippen molar-refractivity contribution in [2.75, 3.05) is 7.11 Å². The lowest BCUT2D eigenvalue weighted by atomic mass is 10.1. The standard InChI is InChI=1S/C22H28N2O3/c1-5-21(25)24(15-19-10-12-20(27-4)13-11-19)17(3)22(26)23-14-18-8-6-16(2)7-9-18/h6-13,17H,5,14-15H2,1-4H3,(H,23,26). The Morgan fingerprint density at radius 3 is 2.19 bits per heavy atom. The van der Waals surface area contributed by atoms with Crippen LogP contribution in [0, 0.1) is 6.92 Å². The van der Waals surface area contributed by atoms with Gasteiger partial charge in [-0.1, -0.05) is 48.9 Å². The van der Waals surface area contributed by atoms with E-state index < -0.39 is 6.04 Å². The summed E-state index contributed by atoms with van der Waals surface area (Å²) in [5.41, 5.74) is 3.16. The van der Waals surface area contributed by atoms with Crippen LogP contribution < -0.4 is 10.1 Å². The minimum atomic E-state index is -0.551. The molecule has 2 amide bonds. The average Bonchev–Trinajstić information content (AvgIpc) is 2.70. The molecule has 0 radical (unpaired) electrons. The Morgan fingerprint density at radius 1 is 1.04 bits per heavy atom. The Hall–Kier alpha value is -2.82. The van der Waals surface area contributed by atoms with Crippen LogP contribution in [0.1, 0.15) is 37.0 Å². The zero-order valence-corrected chi connectivity index (χ0v) is 16.5. The summed E-state index contributed by atoms with van der Waals surface area (Å²) in [4.78, 5) is 26.6. The van der Waals surface area contributed by atoms with Gasteiger partial charge in [-0.3, -0.25) is 9.59 Å². The van der Waals surface area contributed by atoms with Crippen LogP contribution in [0.15, 0.2) is 48.5 Å². The van der Waals surface area contributed by atoms with Gasteiger partial charge in [0.1, 0.15) is 11.8 Å². The zero-order chi connectivity index (χ0) is 19.8. The smallest absolute Gasteiger partial charge is 0.242 e. The molecular weight excluding hydrogens is 340 g/mol. The van der Waals surface area contributed by atoms with E-state index in [1.165, 1.54) is 5.56 Å². The zero-order valence-electron chi connectivity index (χ0n) is 16.5. The van der Waals surface area contributed by atoms with Crippen molar-refractivity contribution in [3.8, 4) is 5.75 Å². The summed E-state index contributed by atoms with van der Waals surface area (Å²) in [6, 6.07) is 15.0. The average molecular weight is 368 g/mol. The van der Waals surface area contributed by atoms with Gasteiger partial charge in [0, 0.05) is 19.5 Å². The van der Waals surface area contributed by atoms with E-state index in [1.54, 1.807) is 25.9 Å². The number of methoxy groups -OCH3 is 1. The third-order valence-electron chi connectivity index (χ3n) is 4.57. The summed E-state index contributed by atoms with van der Waals surface area (Å²) < 4.78 is 5.17. The number of hydrogen-bond acceptors (Lipinski definition) is 3. The van der Waals surface area contributed by atoms with E-state index in [9.17, 15) is 9.59 Å². The number of amides is 2. The molecule has 0 heterocycles. The van der Waals surface area contributed by atoms with Crippen molar-refractivity contribution >= 4 is 11.8 Å². The summed E-state index contributed by atoms with van der Waals surface area (Å²) in [6.45, 7) is 6.43. The molecule has 144 valence electrons. The lowest BCUT2D eigenvalue weighted by Gasteiger charge is -2.28. The molecule has 27 heavy (non-hydrogen) atoms. The number of aryl methyl sites for hydroxylation is 1. The highest BCUT2D eigenvalue weighted by Gasteiger charge is 2.24. The highest BCUT2D eigenvalue weighted by molar-refractivity contribution is 5.87. The van der Waals surface area contributed by atoms with Crippen LogP contribution in [-0.4, -0.2) is 29.9 Å². The van der Waals surface area contributed by atoms with Crippen molar-refractivity contribution in [2.45, 2.75) is 46.3 Å². The summed E-state index contributed by atoms with van der Waals surface area (Å²) in [5, 5.41) is 2.93. The van der Waals surface area contributed by atoms with Crippen LogP contribution in [0.2, 0.25) is 0 Å². The Labute approximate surface area is 161 Å². The van der Waals surface area contributed by atoms with E-state index in [2.05, 4.69) is 5.32 Å². The maximum absolute atomic E-state index is 12.6.